The van der Waals surface area contributed by atoms with Crippen LogP contribution in [0.4, 0.5) is 5.82 Å². The molecule has 0 unspecified atom stereocenters. The van der Waals surface area contributed by atoms with E-state index in [2.05, 4.69) is 21.6 Å². The van der Waals surface area contributed by atoms with Crippen LogP contribution in [0.1, 0.15) is 27.2 Å². The van der Waals surface area contributed by atoms with E-state index in [9.17, 15) is 4.79 Å². The molecule has 0 bridgehead atoms. The van der Waals surface area contributed by atoms with Crippen LogP contribution in [0.25, 0.3) is 0 Å². The fourth-order valence-corrected chi connectivity index (χ4v) is 3.41. The fourth-order valence-electron chi connectivity index (χ4n) is 3.22. The van der Waals surface area contributed by atoms with Crippen molar-refractivity contribution in [2.45, 2.75) is 27.1 Å². The van der Waals surface area contributed by atoms with Gasteiger partial charge in [0.1, 0.15) is 10.8 Å². The lowest BCUT2D eigenvalue weighted by Gasteiger charge is -2.08. The van der Waals surface area contributed by atoms with Crippen LogP contribution >= 0.6 is 11.6 Å². The summed E-state index contributed by atoms with van der Waals surface area (Å²) >= 11 is 6.25. The van der Waals surface area contributed by atoms with Crippen molar-refractivity contribution in [1.82, 2.24) is 19.6 Å². The molecule has 7 nitrogen and oxygen atoms in total. The molecule has 4 aromatic rings. The molecule has 2 aromatic carbocycles. The predicted octanol–water partition coefficient (Wildman–Crippen LogP) is 4.69. The van der Waals surface area contributed by atoms with Gasteiger partial charge in [0.25, 0.3) is 5.91 Å². The van der Waals surface area contributed by atoms with Crippen LogP contribution in [-0.2, 0) is 13.3 Å². The van der Waals surface area contributed by atoms with E-state index in [1.54, 1.807) is 27.8 Å². The van der Waals surface area contributed by atoms with Crippen molar-refractivity contribution < 1.29 is 9.53 Å². The van der Waals surface area contributed by atoms with Gasteiger partial charge in [-0.05, 0) is 48.7 Å². The maximum atomic E-state index is 12.6. The smallest absolute Gasteiger partial charge is 0.277 e. The Hall–Kier alpha value is -3.58. The number of nitrogens with zero attached hydrogens (tertiary/aromatic N) is 4. The van der Waals surface area contributed by atoms with Crippen molar-refractivity contribution in [1.29, 1.82) is 0 Å². The van der Waals surface area contributed by atoms with E-state index in [1.165, 1.54) is 0 Å². The zero-order valence-electron chi connectivity index (χ0n) is 17.2. The van der Waals surface area contributed by atoms with Crippen molar-refractivity contribution in [3.8, 4) is 5.75 Å². The number of rotatable bonds is 7. The van der Waals surface area contributed by atoms with Crippen LogP contribution in [0.2, 0.25) is 5.02 Å². The third kappa shape index (κ3) is 5.32. The number of halogens is 1. The Labute approximate surface area is 185 Å². The van der Waals surface area contributed by atoms with Crippen LogP contribution in [0.5, 0.6) is 5.75 Å². The van der Waals surface area contributed by atoms with Crippen molar-refractivity contribution in [2.75, 3.05) is 5.32 Å². The lowest BCUT2D eigenvalue weighted by molar-refractivity contribution is 0.101. The quantitative estimate of drug-likeness (QED) is 0.457. The van der Waals surface area contributed by atoms with Gasteiger partial charge in [0.15, 0.2) is 18.2 Å². The van der Waals surface area contributed by atoms with Crippen molar-refractivity contribution in [3.05, 3.63) is 94.4 Å². The number of aromatic nitrogens is 4. The molecule has 1 amide bonds. The molecule has 8 heteroatoms. The molecule has 0 saturated carbocycles. The number of carbonyl (C=O) groups excluding carboxylic acids is 1. The first kappa shape index (κ1) is 20.7. The molecule has 0 aliphatic heterocycles. The third-order valence-corrected chi connectivity index (χ3v) is 4.84. The minimum atomic E-state index is -0.392. The highest BCUT2D eigenvalue weighted by Crippen LogP contribution is 2.21. The SMILES string of the molecule is Cc1cc(C)cc(OCn2ccc(C(=O)Nc3nn(Cc4ccccc4)cc3Cl)n2)c1. The molecular formula is C23H22ClN5O2. The summed E-state index contributed by atoms with van der Waals surface area (Å²) in [5.41, 5.74) is 3.58. The van der Waals surface area contributed by atoms with E-state index < -0.39 is 5.91 Å². The average Bonchev–Trinajstić information content (AvgIpc) is 3.33. The Bertz CT molecular complexity index is 1180. The molecule has 158 valence electrons. The third-order valence-electron chi connectivity index (χ3n) is 4.57. The van der Waals surface area contributed by atoms with Gasteiger partial charge in [-0.25, -0.2) is 4.68 Å². The number of hydrogen-bond donors (Lipinski definition) is 1. The van der Waals surface area contributed by atoms with Gasteiger partial charge in [-0.2, -0.15) is 10.2 Å². The highest BCUT2D eigenvalue weighted by atomic mass is 35.5. The number of ether oxygens (including phenoxy) is 1. The van der Waals surface area contributed by atoms with Crippen LogP contribution in [0.15, 0.2) is 67.0 Å². The molecule has 2 heterocycles. The Morgan fingerprint density at radius 1 is 1.03 bits per heavy atom. The fraction of sp³-hybridized carbons (Fsp3) is 0.174. The van der Waals surface area contributed by atoms with Crippen LogP contribution in [0, 0.1) is 13.8 Å². The summed E-state index contributed by atoms with van der Waals surface area (Å²) in [5, 5.41) is 11.7. The van der Waals surface area contributed by atoms with Gasteiger partial charge >= 0.3 is 0 Å². The molecule has 2 aromatic heterocycles. The molecule has 0 atom stereocenters. The van der Waals surface area contributed by atoms with Crippen molar-refractivity contribution in [2.24, 2.45) is 0 Å². The van der Waals surface area contributed by atoms with Crippen LogP contribution in [0.3, 0.4) is 0 Å². The van der Waals surface area contributed by atoms with Crippen LogP contribution in [-0.4, -0.2) is 25.5 Å². The highest BCUT2D eigenvalue weighted by Gasteiger charge is 2.15. The van der Waals surface area contributed by atoms with Crippen LogP contribution < -0.4 is 10.1 Å². The first-order valence-corrected chi connectivity index (χ1v) is 10.2. The summed E-state index contributed by atoms with van der Waals surface area (Å²) in [5.74, 6) is 0.662. The molecule has 1 N–H and O–H groups in total. The average molecular weight is 436 g/mol. The number of anilines is 1. The number of carbonyl (C=O) groups is 1. The minimum Gasteiger partial charge on any atom is -0.471 e. The number of nitrogens with one attached hydrogen (secondary N) is 1. The summed E-state index contributed by atoms with van der Waals surface area (Å²) in [6, 6.07) is 17.5. The van der Waals surface area contributed by atoms with E-state index in [1.807, 2.05) is 56.3 Å². The predicted molar refractivity (Wildman–Crippen MR) is 120 cm³/mol. The summed E-state index contributed by atoms with van der Waals surface area (Å²) in [4.78, 5) is 12.6. The second kappa shape index (κ2) is 9.06. The topological polar surface area (TPSA) is 74.0 Å². The Kier molecular flexibility index (Phi) is 6.04. The van der Waals surface area contributed by atoms with Gasteiger partial charge in [0.05, 0.1) is 6.54 Å². The van der Waals surface area contributed by atoms with Gasteiger partial charge < -0.3 is 10.1 Å². The Morgan fingerprint density at radius 2 is 1.77 bits per heavy atom. The number of amides is 1. The van der Waals surface area contributed by atoms with Gasteiger partial charge in [0.2, 0.25) is 0 Å². The maximum Gasteiger partial charge on any atom is 0.277 e. The normalized spacial score (nSPS) is 10.8. The van der Waals surface area contributed by atoms with E-state index in [4.69, 9.17) is 16.3 Å². The summed E-state index contributed by atoms with van der Waals surface area (Å²) in [7, 11) is 0. The van der Waals surface area contributed by atoms with E-state index in [0.717, 1.165) is 22.4 Å². The molecule has 0 aliphatic carbocycles. The summed E-state index contributed by atoms with van der Waals surface area (Å²) in [6.45, 7) is 4.79. The van der Waals surface area contributed by atoms with Gasteiger partial charge in [-0.1, -0.05) is 48.0 Å². The van der Waals surface area contributed by atoms with E-state index in [0.29, 0.717) is 17.4 Å². The summed E-state index contributed by atoms with van der Waals surface area (Å²) < 4.78 is 9.02. The standard InChI is InChI=1S/C23H22ClN5O2/c1-16-10-17(2)12-19(11-16)31-15-28-9-8-21(26-28)23(30)25-22-20(24)14-29(27-22)13-18-6-4-3-5-7-18/h3-12,14H,13,15H2,1-2H3,(H,25,27,30). The lowest BCUT2D eigenvalue weighted by Crippen LogP contribution is -2.15. The lowest BCUT2D eigenvalue weighted by atomic mass is 10.1. The maximum absolute atomic E-state index is 12.6. The molecule has 31 heavy (non-hydrogen) atoms. The second-order valence-electron chi connectivity index (χ2n) is 7.30. The molecule has 0 fully saturated rings. The largest absolute Gasteiger partial charge is 0.471 e. The first-order chi connectivity index (χ1) is 15.0. The van der Waals surface area contributed by atoms with Gasteiger partial charge in [-0.3, -0.25) is 9.48 Å². The monoisotopic (exact) mass is 435 g/mol. The summed E-state index contributed by atoms with van der Waals surface area (Å²) in [6.07, 6.45) is 3.37. The molecule has 0 radical (unpaired) electrons. The zero-order chi connectivity index (χ0) is 21.8. The van der Waals surface area contributed by atoms with Gasteiger partial charge in [-0.15, -0.1) is 0 Å². The number of hydrogen-bond acceptors (Lipinski definition) is 4. The number of benzene rings is 2. The second-order valence-corrected chi connectivity index (χ2v) is 7.71. The molecule has 4 rings (SSSR count). The van der Waals surface area contributed by atoms with Crippen molar-refractivity contribution in [3.63, 3.8) is 0 Å². The van der Waals surface area contributed by atoms with Gasteiger partial charge in [0, 0.05) is 12.4 Å². The Morgan fingerprint density at radius 3 is 2.52 bits per heavy atom. The van der Waals surface area contributed by atoms with E-state index >= 15 is 0 Å². The minimum absolute atomic E-state index is 0.197. The first-order valence-electron chi connectivity index (χ1n) is 9.79. The Balaban J connectivity index is 1.37. The highest BCUT2D eigenvalue weighted by molar-refractivity contribution is 6.33. The molecule has 0 aliphatic rings. The molecule has 0 saturated heterocycles. The van der Waals surface area contributed by atoms with Crippen molar-refractivity contribution >= 4 is 23.3 Å². The molecular weight excluding hydrogens is 414 g/mol. The zero-order valence-corrected chi connectivity index (χ0v) is 18.0. The number of aryl methyl sites for hydroxylation is 2. The van der Waals surface area contributed by atoms with E-state index in [-0.39, 0.29) is 12.4 Å². The molecule has 0 spiro atoms.